The van der Waals surface area contributed by atoms with E-state index in [2.05, 4.69) is 57.2 Å². The van der Waals surface area contributed by atoms with Gasteiger partial charge in [0.1, 0.15) is 13.2 Å². The van der Waals surface area contributed by atoms with Crippen molar-refractivity contribution in [1.29, 1.82) is 0 Å². The van der Waals surface area contributed by atoms with Gasteiger partial charge in [-0.2, -0.15) is 0 Å². The van der Waals surface area contributed by atoms with Crippen LogP contribution in [0.15, 0.2) is 36.5 Å². The molecule has 0 aromatic rings. The first-order valence-corrected chi connectivity index (χ1v) is 33.0. The quantitative estimate of drug-likeness (QED) is 0.0261. The standard InChI is InChI=1S/C68H126O6/c1-4-7-10-13-16-19-22-25-28-31-34-37-40-43-46-49-52-55-58-61-67(70)73-64-65(63-72-66(69)60-57-54-51-48-45-42-39-36-33-30-27-24-21-18-15-12-9-6-3)74-68(71)62-59-56-53-50-47-44-41-38-35-32-29-26-23-20-17-14-11-8-5-2/h7,10,16,19,25,28,65H,4-6,8-9,11-15,17-18,20-24,26-27,29-64H2,1-3H3/b10-7-,19-16-,28-25-. The third-order valence-corrected chi connectivity index (χ3v) is 14.9. The Morgan fingerprint density at radius 3 is 0.824 bits per heavy atom. The molecule has 0 radical (unpaired) electrons. The molecule has 6 heteroatoms. The van der Waals surface area contributed by atoms with E-state index in [-0.39, 0.29) is 31.1 Å². The second kappa shape index (κ2) is 63.2. The minimum absolute atomic E-state index is 0.0676. The molecule has 0 aromatic heterocycles. The number of rotatable bonds is 61. The zero-order chi connectivity index (χ0) is 53.6. The van der Waals surface area contributed by atoms with E-state index in [0.717, 1.165) is 77.0 Å². The molecule has 0 heterocycles. The molecule has 0 N–H and O–H groups in total. The van der Waals surface area contributed by atoms with E-state index in [4.69, 9.17) is 14.2 Å². The summed E-state index contributed by atoms with van der Waals surface area (Å²) in [6.07, 6.45) is 77.2. The Bertz CT molecular complexity index is 1240. The summed E-state index contributed by atoms with van der Waals surface area (Å²) in [6.45, 7) is 6.60. The van der Waals surface area contributed by atoms with Crippen LogP contribution in [0.5, 0.6) is 0 Å². The average molecular weight is 1040 g/mol. The third kappa shape index (κ3) is 60.5. The fourth-order valence-corrected chi connectivity index (χ4v) is 9.99. The Morgan fingerprint density at radius 1 is 0.284 bits per heavy atom. The molecule has 0 aliphatic heterocycles. The van der Waals surface area contributed by atoms with Crippen LogP contribution >= 0.6 is 0 Å². The van der Waals surface area contributed by atoms with Crippen molar-refractivity contribution in [3.05, 3.63) is 36.5 Å². The summed E-state index contributed by atoms with van der Waals surface area (Å²) in [4.78, 5) is 38.4. The molecule has 0 saturated carbocycles. The number of hydrogen-bond donors (Lipinski definition) is 0. The molecule has 74 heavy (non-hydrogen) atoms. The lowest BCUT2D eigenvalue weighted by Crippen LogP contribution is -2.30. The fourth-order valence-electron chi connectivity index (χ4n) is 9.99. The Balaban J connectivity index is 4.32. The Hall–Kier alpha value is -2.37. The zero-order valence-electron chi connectivity index (χ0n) is 49.9. The van der Waals surface area contributed by atoms with Crippen molar-refractivity contribution in [3.63, 3.8) is 0 Å². The summed E-state index contributed by atoms with van der Waals surface area (Å²) in [6, 6.07) is 0. The van der Waals surface area contributed by atoms with Gasteiger partial charge in [-0.1, -0.05) is 327 Å². The van der Waals surface area contributed by atoms with Crippen LogP contribution in [-0.2, 0) is 28.6 Å². The molecule has 434 valence electrons. The molecule has 0 saturated heterocycles. The molecule has 0 bridgehead atoms. The van der Waals surface area contributed by atoms with Gasteiger partial charge in [0.15, 0.2) is 6.10 Å². The van der Waals surface area contributed by atoms with Gasteiger partial charge in [-0.3, -0.25) is 14.4 Å². The van der Waals surface area contributed by atoms with Crippen LogP contribution < -0.4 is 0 Å². The van der Waals surface area contributed by atoms with Crippen LogP contribution in [-0.4, -0.2) is 37.2 Å². The molecule has 0 fully saturated rings. The first kappa shape index (κ1) is 71.6. The van der Waals surface area contributed by atoms with E-state index in [0.29, 0.717) is 19.3 Å². The molecule has 1 atom stereocenters. The number of hydrogen-bond acceptors (Lipinski definition) is 6. The molecule has 0 aliphatic carbocycles. The number of ether oxygens (including phenoxy) is 3. The average Bonchev–Trinajstić information content (AvgIpc) is 3.40. The van der Waals surface area contributed by atoms with E-state index in [1.165, 1.54) is 244 Å². The molecule has 0 rings (SSSR count). The largest absolute Gasteiger partial charge is 0.462 e. The van der Waals surface area contributed by atoms with Crippen LogP contribution in [0.25, 0.3) is 0 Å². The summed E-state index contributed by atoms with van der Waals surface area (Å²) < 4.78 is 17.0. The van der Waals surface area contributed by atoms with E-state index >= 15 is 0 Å². The van der Waals surface area contributed by atoms with Crippen molar-refractivity contribution >= 4 is 17.9 Å². The highest BCUT2D eigenvalue weighted by molar-refractivity contribution is 5.71. The number of carbonyl (C=O) groups excluding carboxylic acids is 3. The van der Waals surface area contributed by atoms with Crippen molar-refractivity contribution in [2.75, 3.05) is 13.2 Å². The van der Waals surface area contributed by atoms with Crippen LogP contribution in [0, 0.1) is 0 Å². The topological polar surface area (TPSA) is 78.9 Å². The maximum absolute atomic E-state index is 12.9. The van der Waals surface area contributed by atoms with Gasteiger partial charge in [-0.25, -0.2) is 0 Å². The lowest BCUT2D eigenvalue weighted by molar-refractivity contribution is -0.167. The third-order valence-electron chi connectivity index (χ3n) is 14.9. The van der Waals surface area contributed by atoms with Crippen molar-refractivity contribution in [3.8, 4) is 0 Å². The van der Waals surface area contributed by atoms with Crippen molar-refractivity contribution in [2.24, 2.45) is 0 Å². The van der Waals surface area contributed by atoms with E-state index in [9.17, 15) is 14.4 Å². The van der Waals surface area contributed by atoms with Crippen molar-refractivity contribution in [2.45, 2.75) is 367 Å². The zero-order valence-corrected chi connectivity index (χ0v) is 49.9. The minimum Gasteiger partial charge on any atom is -0.462 e. The number of unbranched alkanes of at least 4 members (excludes halogenated alkanes) is 44. The van der Waals surface area contributed by atoms with Crippen LogP contribution in [0.4, 0.5) is 0 Å². The molecule has 0 spiro atoms. The fraction of sp³-hybridized carbons (Fsp3) is 0.868. The smallest absolute Gasteiger partial charge is 0.306 e. The highest BCUT2D eigenvalue weighted by Crippen LogP contribution is 2.18. The maximum atomic E-state index is 12.9. The monoisotopic (exact) mass is 1040 g/mol. The van der Waals surface area contributed by atoms with Gasteiger partial charge in [0.2, 0.25) is 0 Å². The van der Waals surface area contributed by atoms with Gasteiger partial charge in [0.05, 0.1) is 0 Å². The number of carbonyl (C=O) groups is 3. The number of allylic oxidation sites excluding steroid dienone is 6. The predicted octanol–water partition coefficient (Wildman–Crippen LogP) is 22.4. The van der Waals surface area contributed by atoms with Gasteiger partial charge in [0, 0.05) is 19.3 Å². The summed E-state index contributed by atoms with van der Waals surface area (Å²) in [5.41, 5.74) is 0. The molecule has 0 aromatic carbocycles. The van der Waals surface area contributed by atoms with Crippen LogP contribution in [0.1, 0.15) is 361 Å². The normalized spacial score (nSPS) is 12.2. The predicted molar refractivity (Wildman–Crippen MR) is 321 cm³/mol. The second-order valence-corrected chi connectivity index (χ2v) is 22.4. The van der Waals surface area contributed by atoms with Crippen molar-refractivity contribution in [1.82, 2.24) is 0 Å². The SMILES string of the molecule is CC/C=C\C/C=C\C/C=C\CCCCCCCCCCCC(=O)OCC(COC(=O)CCCCCCCCCCCCCCCCCCCC)OC(=O)CCCCCCCCCCCCCCCCCCCCC. The van der Waals surface area contributed by atoms with E-state index in [1.54, 1.807) is 0 Å². The van der Waals surface area contributed by atoms with Crippen LogP contribution in [0.3, 0.4) is 0 Å². The first-order valence-electron chi connectivity index (χ1n) is 33.0. The summed E-state index contributed by atoms with van der Waals surface area (Å²) in [5.74, 6) is -0.844. The number of esters is 3. The lowest BCUT2D eigenvalue weighted by Gasteiger charge is -2.18. The molecule has 6 nitrogen and oxygen atoms in total. The van der Waals surface area contributed by atoms with Gasteiger partial charge in [-0.05, 0) is 51.4 Å². The molecule has 0 amide bonds. The van der Waals surface area contributed by atoms with Gasteiger partial charge in [0.25, 0.3) is 0 Å². The molecule has 1 unspecified atom stereocenters. The highest BCUT2D eigenvalue weighted by Gasteiger charge is 2.19. The van der Waals surface area contributed by atoms with Gasteiger partial charge in [-0.15, -0.1) is 0 Å². The lowest BCUT2D eigenvalue weighted by atomic mass is 10.0. The first-order chi connectivity index (χ1) is 36.5. The summed E-state index contributed by atoms with van der Waals surface area (Å²) in [5, 5.41) is 0. The summed E-state index contributed by atoms with van der Waals surface area (Å²) in [7, 11) is 0. The maximum Gasteiger partial charge on any atom is 0.306 e. The van der Waals surface area contributed by atoms with Crippen molar-refractivity contribution < 1.29 is 28.6 Å². The second-order valence-electron chi connectivity index (χ2n) is 22.4. The molecular formula is C68H126O6. The van der Waals surface area contributed by atoms with E-state index in [1.807, 2.05) is 0 Å². The molecule has 0 aliphatic rings. The summed E-state index contributed by atoms with van der Waals surface area (Å²) >= 11 is 0. The Kier molecular flexibility index (Phi) is 61.1. The van der Waals surface area contributed by atoms with Crippen LogP contribution in [0.2, 0.25) is 0 Å². The minimum atomic E-state index is -0.771. The van der Waals surface area contributed by atoms with Gasteiger partial charge < -0.3 is 14.2 Å². The van der Waals surface area contributed by atoms with Gasteiger partial charge >= 0.3 is 17.9 Å². The molecular weight excluding hydrogens is 913 g/mol. The Morgan fingerprint density at radius 2 is 0.527 bits per heavy atom. The Labute approximate surface area is 461 Å². The highest BCUT2D eigenvalue weighted by atomic mass is 16.6. The van der Waals surface area contributed by atoms with E-state index < -0.39 is 6.10 Å².